The standard InChI is InChI=1S/C19H23N3O2/c1-4-22(13-14-5-11-17(12-6-14)21(2)3)19(24)16-9-7-15(8-10-16)18(20)23/h5-12H,4,13H2,1-3H3,(H2,20,23). The van der Waals surface area contributed by atoms with Crippen LogP contribution in [-0.4, -0.2) is 37.4 Å². The van der Waals surface area contributed by atoms with Gasteiger partial charge in [0.1, 0.15) is 0 Å². The largest absolute Gasteiger partial charge is 0.378 e. The summed E-state index contributed by atoms with van der Waals surface area (Å²) in [6.07, 6.45) is 0. The molecule has 0 atom stereocenters. The fraction of sp³-hybridized carbons (Fsp3) is 0.263. The van der Waals surface area contributed by atoms with Crippen molar-refractivity contribution in [3.8, 4) is 0 Å². The summed E-state index contributed by atoms with van der Waals surface area (Å²) in [6, 6.07) is 14.6. The van der Waals surface area contributed by atoms with Crippen LogP contribution in [0.4, 0.5) is 5.69 Å². The second-order valence-electron chi connectivity index (χ2n) is 5.82. The molecule has 2 rings (SSSR count). The zero-order valence-corrected chi connectivity index (χ0v) is 14.3. The number of carbonyl (C=O) groups excluding carboxylic acids is 2. The minimum atomic E-state index is -0.498. The van der Waals surface area contributed by atoms with Crippen molar-refractivity contribution < 1.29 is 9.59 Å². The van der Waals surface area contributed by atoms with Crippen LogP contribution in [-0.2, 0) is 6.54 Å². The molecular weight excluding hydrogens is 302 g/mol. The molecule has 0 aliphatic heterocycles. The van der Waals surface area contributed by atoms with Crippen molar-refractivity contribution in [1.29, 1.82) is 0 Å². The van der Waals surface area contributed by atoms with E-state index in [0.29, 0.717) is 24.2 Å². The van der Waals surface area contributed by atoms with Crippen molar-refractivity contribution in [3.05, 3.63) is 65.2 Å². The first-order valence-corrected chi connectivity index (χ1v) is 7.87. The third kappa shape index (κ3) is 4.13. The Morgan fingerprint density at radius 1 is 0.917 bits per heavy atom. The summed E-state index contributed by atoms with van der Waals surface area (Å²) in [7, 11) is 3.99. The molecule has 0 radical (unpaired) electrons. The van der Waals surface area contributed by atoms with Crippen LogP contribution in [0.3, 0.4) is 0 Å². The third-order valence-electron chi connectivity index (χ3n) is 3.91. The SMILES string of the molecule is CCN(Cc1ccc(N(C)C)cc1)C(=O)c1ccc(C(N)=O)cc1. The van der Waals surface area contributed by atoms with E-state index in [1.165, 1.54) is 0 Å². The van der Waals surface area contributed by atoms with Gasteiger partial charge in [-0.2, -0.15) is 0 Å². The van der Waals surface area contributed by atoms with Crippen molar-refractivity contribution >= 4 is 17.5 Å². The highest BCUT2D eigenvalue weighted by molar-refractivity contribution is 5.97. The van der Waals surface area contributed by atoms with Gasteiger partial charge in [0, 0.05) is 44.0 Å². The van der Waals surface area contributed by atoms with E-state index < -0.39 is 5.91 Å². The summed E-state index contributed by atoms with van der Waals surface area (Å²) in [5.74, 6) is -0.562. The number of hydrogen-bond donors (Lipinski definition) is 1. The van der Waals surface area contributed by atoms with Crippen molar-refractivity contribution in [3.63, 3.8) is 0 Å². The average molecular weight is 325 g/mol. The predicted octanol–water partition coefficient (Wildman–Crippen LogP) is 2.51. The summed E-state index contributed by atoms with van der Waals surface area (Å²) >= 11 is 0. The Morgan fingerprint density at radius 3 is 1.92 bits per heavy atom. The number of benzene rings is 2. The van der Waals surface area contributed by atoms with Gasteiger partial charge < -0.3 is 15.5 Å². The topological polar surface area (TPSA) is 66.6 Å². The lowest BCUT2D eigenvalue weighted by Crippen LogP contribution is -2.30. The van der Waals surface area contributed by atoms with Crippen LogP contribution >= 0.6 is 0 Å². The molecule has 0 aliphatic rings. The van der Waals surface area contributed by atoms with Crippen molar-refractivity contribution in [1.82, 2.24) is 4.90 Å². The Hall–Kier alpha value is -2.82. The quantitative estimate of drug-likeness (QED) is 0.887. The van der Waals surface area contributed by atoms with Crippen LogP contribution in [0.5, 0.6) is 0 Å². The lowest BCUT2D eigenvalue weighted by atomic mass is 10.1. The zero-order valence-electron chi connectivity index (χ0n) is 14.3. The molecule has 2 aromatic carbocycles. The van der Waals surface area contributed by atoms with E-state index in [1.54, 1.807) is 29.2 Å². The highest BCUT2D eigenvalue weighted by Crippen LogP contribution is 2.15. The normalized spacial score (nSPS) is 10.3. The number of anilines is 1. The van der Waals surface area contributed by atoms with E-state index in [4.69, 9.17) is 5.73 Å². The smallest absolute Gasteiger partial charge is 0.254 e. The minimum absolute atomic E-state index is 0.0646. The Morgan fingerprint density at radius 2 is 1.46 bits per heavy atom. The molecule has 2 amide bonds. The average Bonchev–Trinajstić information content (AvgIpc) is 2.59. The molecular formula is C19H23N3O2. The van der Waals surface area contributed by atoms with Gasteiger partial charge in [-0.3, -0.25) is 9.59 Å². The van der Waals surface area contributed by atoms with Crippen LogP contribution in [0.25, 0.3) is 0 Å². The maximum atomic E-state index is 12.6. The first-order valence-electron chi connectivity index (χ1n) is 7.87. The van der Waals surface area contributed by atoms with E-state index in [-0.39, 0.29) is 5.91 Å². The van der Waals surface area contributed by atoms with Gasteiger partial charge >= 0.3 is 0 Å². The summed E-state index contributed by atoms with van der Waals surface area (Å²) in [5.41, 5.74) is 8.36. The Balaban J connectivity index is 2.12. The predicted molar refractivity (Wildman–Crippen MR) is 96.1 cm³/mol. The summed E-state index contributed by atoms with van der Waals surface area (Å²) in [5, 5.41) is 0. The molecule has 2 aromatic rings. The molecule has 0 spiro atoms. The Bertz CT molecular complexity index is 706. The maximum Gasteiger partial charge on any atom is 0.254 e. The molecule has 0 saturated heterocycles. The summed E-state index contributed by atoms with van der Waals surface area (Å²) in [4.78, 5) is 27.6. The van der Waals surface area contributed by atoms with Gasteiger partial charge in [-0.15, -0.1) is 0 Å². The van der Waals surface area contributed by atoms with Crippen molar-refractivity contribution in [2.75, 3.05) is 25.5 Å². The van der Waals surface area contributed by atoms with E-state index >= 15 is 0 Å². The van der Waals surface area contributed by atoms with E-state index in [2.05, 4.69) is 0 Å². The highest BCUT2D eigenvalue weighted by atomic mass is 16.2. The number of primary amides is 1. The number of nitrogens with zero attached hydrogens (tertiary/aromatic N) is 2. The molecule has 2 N–H and O–H groups in total. The van der Waals surface area contributed by atoms with E-state index in [1.807, 2.05) is 50.2 Å². The maximum absolute atomic E-state index is 12.6. The van der Waals surface area contributed by atoms with Crippen LogP contribution in [0.15, 0.2) is 48.5 Å². The second kappa shape index (κ2) is 7.64. The monoisotopic (exact) mass is 325 g/mol. The molecule has 126 valence electrons. The number of hydrogen-bond acceptors (Lipinski definition) is 3. The minimum Gasteiger partial charge on any atom is -0.378 e. The number of nitrogens with two attached hydrogens (primary N) is 1. The zero-order chi connectivity index (χ0) is 17.7. The Kier molecular flexibility index (Phi) is 5.58. The molecule has 0 aliphatic carbocycles. The molecule has 5 nitrogen and oxygen atoms in total. The lowest BCUT2D eigenvalue weighted by molar-refractivity contribution is 0.0752. The lowest BCUT2D eigenvalue weighted by Gasteiger charge is -2.22. The molecule has 0 aromatic heterocycles. The number of carbonyl (C=O) groups is 2. The van der Waals surface area contributed by atoms with Gasteiger partial charge in [0.25, 0.3) is 5.91 Å². The summed E-state index contributed by atoms with van der Waals surface area (Å²) < 4.78 is 0. The molecule has 5 heteroatoms. The van der Waals surface area contributed by atoms with Gasteiger partial charge in [0.05, 0.1) is 0 Å². The van der Waals surface area contributed by atoms with E-state index in [9.17, 15) is 9.59 Å². The van der Waals surface area contributed by atoms with Gasteiger partial charge in [-0.1, -0.05) is 12.1 Å². The second-order valence-corrected chi connectivity index (χ2v) is 5.82. The Labute approximate surface area is 142 Å². The van der Waals surface area contributed by atoms with Gasteiger partial charge in [0.2, 0.25) is 5.91 Å². The third-order valence-corrected chi connectivity index (χ3v) is 3.91. The fourth-order valence-corrected chi connectivity index (χ4v) is 2.41. The van der Waals surface area contributed by atoms with Crippen LogP contribution in [0.1, 0.15) is 33.2 Å². The molecule has 0 saturated carbocycles. The van der Waals surface area contributed by atoms with E-state index in [0.717, 1.165) is 11.3 Å². The molecule has 0 fully saturated rings. The van der Waals surface area contributed by atoms with Crippen LogP contribution in [0.2, 0.25) is 0 Å². The molecule has 24 heavy (non-hydrogen) atoms. The molecule has 0 heterocycles. The molecule has 0 unspecified atom stereocenters. The highest BCUT2D eigenvalue weighted by Gasteiger charge is 2.15. The number of rotatable bonds is 6. The van der Waals surface area contributed by atoms with Gasteiger partial charge in [-0.05, 0) is 48.9 Å². The van der Waals surface area contributed by atoms with Crippen LogP contribution < -0.4 is 10.6 Å². The van der Waals surface area contributed by atoms with Gasteiger partial charge in [0.15, 0.2) is 0 Å². The first-order chi connectivity index (χ1) is 11.4. The van der Waals surface area contributed by atoms with Gasteiger partial charge in [-0.25, -0.2) is 0 Å². The summed E-state index contributed by atoms with van der Waals surface area (Å²) in [6.45, 7) is 3.09. The van der Waals surface area contributed by atoms with Crippen LogP contribution in [0, 0.1) is 0 Å². The van der Waals surface area contributed by atoms with Crippen molar-refractivity contribution in [2.45, 2.75) is 13.5 Å². The molecule has 0 bridgehead atoms. The fourth-order valence-electron chi connectivity index (χ4n) is 2.41. The van der Waals surface area contributed by atoms with Crippen molar-refractivity contribution in [2.24, 2.45) is 5.73 Å². The number of amides is 2. The first kappa shape index (κ1) is 17.5.